The summed E-state index contributed by atoms with van der Waals surface area (Å²) in [6, 6.07) is 15.0. The number of carbonyl (C=O) groups is 2. The van der Waals surface area contributed by atoms with Crippen LogP contribution in [0.4, 0.5) is 0 Å². The van der Waals surface area contributed by atoms with Gasteiger partial charge in [0.15, 0.2) is 5.78 Å². The molecule has 0 aliphatic rings. The largest absolute Gasteiger partial charge is 0.465 e. The van der Waals surface area contributed by atoms with Crippen LogP contribution in [-0.4, -0.2) is 18.9 Å². The lowest BCUT2D eigenvalue weighted by molar-refractivity contribution is 0.0597. The number of rotatable bonds is 3. The van der Waals surface area contributed by atoms with E-state index >= 15 is 0 Å². The number of hydrogen-bond donors (Lipinski definition) is 0. The average Bonchev–Trinajstić information content (AvgIpc) is 2.53. The third-order valence-corrected chi connectivity index (χ3v) is 2.86. The smallest absolute Gasteiger partial charge is 0.339 e. The van der Waals surface area contributed by atoms with Crippen LogP contribution in [0.5, 0.6) is 0 Å². The molecule has 0 spiro atoms. The number of benzene rings is 2. The van der Waals surface area contributed by atoms with Gasteiger partial charge in [-0.15, -0.1) is 0 Å². The Labute approximate surface area is 116 Å². The predicted octanol–water partition coefficient (Wildman–Crippen LogP) is 2.58. The third kappa shape index (κ3) is 2.43. The Bertz CT molecular complexity index is 699. The first-order chi connectivity index (χ1) is 9.69. The molecule has 0 N–H and O–H groups in total. The van der Waals surface area contributed by atoms with Crippen LogP contribution in [0.1, 0.15) is 31.8 Å². The summed E-state index contributed by atoms with van der Waals surface area (Å²) < 4.78 is 4.66. The summed E-state index contributed by atoms with van der Waals surface area (Å²) in [6.45, 7) is 0. The molecule has 4 heteroatoms. The van der Waals surface area contributed by atoms with Crippen molar-refractivity contribution in [3.63, 3.8) is 0 Å². The zero-order valence-corrected chi connectivity index (χ0v) is 10.8. The van der Waals surface area contributed by atoms with Crippen molar-refractivity contribution in [2.45, 2.75) is 0 Å². The molecule has 2 rings (SSSR count). The van der Waals surface area contributed by atoms with Gasteiger partial charge in [0.2, 0.25) is 0 Å². The predicted molar refractivity (Wildman–Crippen MR) is 72.4 cm³/mol. The molecule has 0 unspecified atom stereocenters. The zero-order chi connectivity index (χ0) is 14.5. The van der Waals surface area contributed by atoms with Gasteiger partial charge in [0.1, 0.15) is 6.07 Å². The maximum Gasteiger partial charge on any atom is 0.339 e. The van der Waals surface area contributed by atoms with E-state index in [1.807, 2.05) is 6.07 Å². The minimum absolute atomic E-state index is 0.00588. The number of hydrogen-bond acceptors (Lipinski definition) is 4. The summed E-state index contributed by atoms with van der Waals surface area (Å²) in [5.74, 6) is -1.01. The van der Waals surface area contributed by atoms with Crippen LogP contribution in [0.25, 0.3) is 0 Å². The molecule has 0 fully saturated rings. The van der Waals surface area contributed by atoms with E-state index in [2.05, 4.69) is 4.74 Å². The number of methoxy groups -OCH3 is 1. The molecule has 20 heavy (non-hydrogen) atoms. The van der Waals surface area contributed by atoms with Gasteiger partial charge in [0.05, 0.1) is 18.2 Å². The first-order valence-electron chi connectivity index (χ1n) is 5.90. The molecule has 0 aliphatic carbocycles. The summed E-state index contributed by atoms with van der Waals surface area (Å²) in [7, 11) is 1.22. The molecule has 0 radical (unpaired) electrons. The molecule has 2 aromatic rings. The summed E-state index contributed by atoms with van der Waals surface area (Å²) in [4.78, 5) is 24.3. The van der Waals surface area contributed by atoms with E-state index in [1.165, 1.54) is 19.2 Å². The highest BCUT2D eigenvalue weighted by atomic mass is 16.5. The van der Waals surface area contributed by atoms with Gasteiger partial charge in [0, 0.05) is 11.1 Å². The molecule has 4 nitrogen and oxygen atoms in total. The molecule has 0 aromatic heterocycles. The number of ketones is 1. The SMILES string of the molecule is COC(=O)c1c(C#N)cccc1C(=O)c1ccccc1. The molecule has 0 amide bonds. The summed E-state index contributed by atoms with van der Waals surface area (Å²) >= 11 is 0. The van der Waals surface area contributed by atoms with E-state index < -0.39 is 5.97 Å². The summed E-state index contributed by atoms with van der Waals surface area (Å²) in [6.07, 6.45) is 0. The van der Waals surface area contributed by atoms with Gasteiger partial charge in [-0.05, 0) is 6.07 Å². The molecule has 0 atom stereocenters. The van der Waals surface area contributed by atoms with Gasteiger partial charge in [0.25, 0.3) is 0 Å². The highest BCUT2D eigenvalue weighted by Crippen LogP contribution is 2.19. The topological polar surface area (TPSA) is 67.2 Å². The monoisotopic (exact) mass is 265 g/mol. The normalized spacial score (nSPS) is 9.60. The fourth-order valence-electron chi connectivity index (χ4n) is 1.90. The molecule has 0 heterocycles. The van der Waals surface area contributed by atoms with E-state index in [-0.39, 0.29) is 22.5 Å². The maximum absolute atomic E-state index is 12.4. The fourth-order valence-corrected chi connectivity index (χ4v) is 1.90. The molecule has 2 aromatic carbocycles. The van der Waals surface area contributed by atoms with Crippen molar-refractivity contribution in [2.24, 2.45) is 0 Å². The second-order valence-electron chi connectivity index (χ2n) is 4.03. The number of nitrogens with zero attached hydrogens (tertiary/aromatic N) is 1. The lowest BCUT2D eigenvalue weighted by Crippen LogP contribution is -2.13. The van der Waals surface area contributed by atoms with E-state index in [0.29, 0.717) is 5.56 Å². The van der Waals surface area contributed by atoms with Crippen LogP contribution in [0.3, 0.4) is 0 Å². The first-order valence-corrected chi connectivity index (χ1v) is 5.90. The Morgan fingerprint density at radius 2 is 1.75 bits per heavy atom. The second kappa shape index (κ2) is 5.81. The Kier molecular flexibility index (Phi) is 3.92. The number of ether oxygens (including phenoxy) is 1. The Balaban J connectivity index is 2.61. The molecule has 0 saturated carbocycles. The highest BCUT2D eigenvalue weighted by Gasteiger charge is 2.22. The van der Waals surface area contributed by atoms with Crippen LogP contribution in [0.2, 0.25) is 0 Å². The molecular formula is C16H11NO3. The molecule has 0 bridgehead atoms. The van der Waals surface area contributed by atoms with Crippen LogP contribution in [0, 0.1) is 11.3 Å². The van der Waals surface area contributed by atoms with Crippen LogP contribution in [0.15, 0.2) is 48.5 Å². The van der Waals surface area contributed by atoms with Crippen molar-refractivity contribution < 1.29 is 14.3 Å². The van der Waals surface area contributed by atoms with Crippen LogP contribution >= 0.6 is 0 Å². The standard InChI is InChI=1S/C16H11NO3/c1-20-16(19)14-12(10-17)8-5-9-13(14)15(18)11-6-3-2-4-7-11/h2-9H,1H3. The van der Waals surface area contributed by atoms with Crippen molar-refractivity contribution in [1.82, 2.24) is 0 Å². The Hall–Kier alpha value is -2.93. The van der Waals surface area contributed by atoms with Gasteiger partial charge in [-0.25, -0.2) is 4.79 Å². The second-order valence-corrected chi connectivity index (χ2v) is 4.03. The fraction of sp³-hybridized carbons (Fsp3) is 0.0625. The van der Waals surface area contributed by atoms with Crippen molar-refractivity contribution in [3.8, 4) is 6.07 Å². The summed E-state index contributed by atoms with van der Waals surface area (Å²) in [5, 5.41) is 9.07. The zero-order valence-electron chi connectivity index (χ0n) is 10.8. The van der Waals surface area contributed by atoms with E-state index in [0.717, 1.165) is 0 Å². The van der Waals surface area contributed by atoms with E-state index in [1.54, 1.807) is 36.4 Å². The van der Waals surface area contributed by atoms with E-state index in [9.17, 15) is 9.59 Å². The van der Waals surface area contributed by atoms with Gasteiger partial charge >= 0.3 is 5.97 Å². The quantitative estimate of drug-likeness (QED) is 0.632. The lowest BCUT2D eigenvalue weighted by Gasteiger charge is -2.08. The van der Waals surface area contributed by atoms with Crippen LogP contribution in [-0.2, 0) is 4.74 Å². The molecule has 0 saturated heterocycles. The Morgan fingerprint density at radius 3 is 2.35 bits per heavy atom. The van der Waals surface area contributed by atoms with Crippen molar-refractivity contribution in [2.75, 3.05) is 7.11 Å². The minimum atomic E-state index is -0.693. The third-order valence-electron chi connectivity index (χ3n) is 2.86. The molecular weight excluding hydrogens is 254 g/mol. The van der Waals surface area contributed by atoms with Crippen molar-refractivity contribution in [3.05, 3.63) is 70.8 Å². The van der Waals surface area contributed by atoms with Gasteiger partial charge in [-0.2, -0.15) is 5.26 Å². The van der Waals surface area contributed by atoms with E-state index in [4.69, 9.17) is 5.26 Å². The van der Waals surface area contributed by atoms with Gasteiger partial charge in [-0.1, -0.05) is 42.5 Å². The molecule has 0 aliphatic heterocycles. The van der Waals surface area contributed by atoms with Gasteiger partial charge < -0.3 is 4.74 Å². The number of carbonyl (C=O) groups excluding carboxylic acids is 2. The Morgan fingerprint density at radius 1 is 1.05 bits per heavy atom. The van der Waals surface area contributed by atoms with Crippen molar-refractivity contribution >= 4 is 11.8 Å². The number of nitriles is 1. The van der Waals surface area contributed by atoms with Crippen molar-refractivity contribution in [1.29, 1.82) is 5.26 Å². The lowest BCUT2D eigenvalue weighted by atomic mass is 9.95. The molecule has 98 valence electrons. The van der Waals surface area contributed by atoms with Crippen LogP contribution < -0.4 is 0 Å². The highest BCUT2D eigenvalue weighted by molar-refractivity contribution is 6.15. The number of esters is 1. The summed E-state index contributed by atoms with van der Waals surface area (Å²) in [5.41, 5.74) is 0.750. The van der Waals surface area contributed by atoms with Gasteiger partial charge in [-0.3, -0.25) is 4.79 Å². The maximum atomic E-state index is 12.4. The first kappa shape index (κ1) is 13.5. The minimum Gasteiger partial charge on any atom is -0.465 e. The average molecular weight is 265 g/mol.